The topological polar surface area (TPSA) is 24.9 Å². The van der Waals surface area contributed by atoms with Gasteiger partial charge in [0, 0.05) is 10.6 Å². The predicted octanol–water partition coefficient (Wildman–Crippen LogP) is 4.39. The van der Waals surface area contributed by atoms with Crippen molar-refractivity contribution < 1.29 is 13.2 Å². The second-order valence-electron chi connectivity index (χ2n) is 4.18. The Balaban J connectivity index is 2.07. The Kier molecular flexibility index (Phi) is 3.80. The highest BCUT2D eigenvalue weighted by Crippen LogP contribution is 2.30. The van der Waals surface area contributed by atoms with Crippen LogP contribution in [0.4, 0.5) is 18.9 Å². The molecular weight excluding hydrogens is 273 g/mol. The van der Waals surface area contributed by atoms with Crippen molar-refractivity contribution in [3.63, 3.8) is 0 Å². The lowest BCUT2D eigenvalue weighted by Gasteiger charge is -2.09. The number of aryl methyl sites for hydroxylation is 2. The van der Waals surface area contributed by atoms with Gasteiger partial charge in [-0.15, -0.1) is 11.3 Å². The molecule has 0 unspecified atom stereocenters. The van der Waals surface area contributed by atoms with E-state index in [0.29, 0.717) is 12.2 Å². The zero-order valence-corrected chi connectivity index (χ0v) is 11.3. The normalized spacial score (nSPS) is 11.6. The molecule has 0 aliphatic carbocycles. The quantitative estimate of drug-likeness (QED) is 0.905. The highest BCUT2D eigenvalue weighted by molar-refractivity contribution is 7.11. The molecule has 2 rings (SSSR count). The summed E-state index contributed by atoms with van der Waals surface area (Å²) in [5, 5.41) is 3.83. The highest BCUT2D eigenvalue weighted by Gasteiger charge is 2.30. The Bertz CT molecular complexity index is 556. The number of anilines is 1. The number of aromatic nitrogens is 1. The Morgan fingerprint density at radius 2 is 2.00 bits per heavy atom. The minimum atomic E-state index is -4.31. The molecule has 0 aliphatic rings. The summed E-state index contributed by atoms with van der Waals surface area (Å²) in [6.45, 7) is 4.32. The van der Waals surface area contributed by atoms with Crippen molar-refractivity contribution in [3.05, 3.63) is 45.4 Å². The van der Waals surface area contributed by atoms with Gasteiger partial charge in [-0.2, -0.15) is 13.2 Å². The molecule has 1 aromatic heterocycles. The van der Waals surface area contributed by atoms with Gasteiger partial charge in [-0.05, 0) is 32.0 Å². The molecule has 1 N–H and O–H groups in total. The van der Waals surface area contributed by atoms with E-state index in [-0.39, 0.29) is 0 Å². The van der Waals surface area contributed by atoms with Crippen LogP contribution in [0.3, 0.4) is 0 Å². The lowest BCUT2D eigenvalue weighted by Crippen LogP contribution is -2.06. The Labute approximate surface area is 113 Å². The van der Waals surface area contributed by atoms with E-state index in [2.05, 4.69) is 10.3 Å². The van der Waals surface area contributed by atoms with Gasteiger partial charge in [0.15, 0.2) is 0 Å². The van der Waals surface area contributed by atoms with Crippen LogP contribution in [0, 0.1) is 13.8 Å². The summed E-state index contributed by atoms with van der Waals surface area (Å²) in [5.41, 5.74) is 0.759. The van der Waals surface area contributed by atoms with Crippen molar-refractivity contribution in [1.82, 2.24) is 4.98 Å². The Morgan fingerprint density at radius 1 is 1.26 bits per heavy atom. The smallest absolute Gasteiger partial charge is 0.379 e. The zero-order valence-electron chi connectivity index (χ0n) is 10.5. The lowest BCUT2D eigenvalue weighted by atomic mass is 10.2. The number of benzene rings is 1. The third kappa shape index (κ3) is 3.47. The fraction of sp³-hybridized carbons (Fsp3) is 0.308. The van der Waals surface area contributed by atoms with Crippen molar-refractivity contribution >= 4 is 17.0 Å². The summed E-state index contributed by atoms with van der Waals surface area (Å²) < 4.78 is 37.6. The molecule has 0 amide bonds. The first-order valence-electron chi connectivity index (χ1n) is 5.70. The number of alkyl halides is 3. The summed E-state index contributed by atoms with van der Waals surface area (Å²) in [6.07, 6.45) is -4.31. The van der Waals surface area contributed by atoms with E-state index in [4.69, 9.17) is 0 Å². The van der Waals surface area contributed by atoms with Crippen LogP contribution in [0.15, 0.2) is 24.3 Å². The highest BCUT2D eigenvalue weighted by atomic mass is 32.1. The van der Waals surface area contributed by atoms with Gasteiger partial charge in [0.25, 0.3) is 0 Å². The largest absolute Gasteiger partial charge is 0.416 e. The Hall–Kier alpha value is -1.56. The van der Waals surface area contributed by atoms with Crippen LogP contribution in [0.1, 0.15) is 21.1 Å². The molecule has 0 spiro atoms. The molecule has 0 fully saturated rings. The monoisotopic (exact) mass is 286 g/mol. The molecule has 0 aliphatic heterocycles. The second kappa shape index (κ2) is 5.21. The SMILES string of the molecule is Cc1nc(CNc2cccc(C(F)(F)F)c2)sc1C. The van der Waals surface area contributed by atoms with E-state index in [0.717, 1.165) is 27.7 Å². The number of nitrogens with one attached hydrogen (secondary N) is 1. The van der Waals surface area contributed by atoms with E-state index in [1.165, 1.54) is 6.07 Å². The van der Waals surface area contributed by atoms with Gasteiger partial charge in [-0.3, -0.25) is 0 Å². The third-order valence-corrected chi connectivity index (χ3v) is 3.78. The second-order valence-corrected chi connectivity index (χ2v) is 5.47. The number of halogens is 3. The molecule has 19 heavy (non-hydrogen) atoms. The molecule has 0 bridgehead atoms. The molecule has 6 heteroatoms. The van der Waals surface area contributed by atoms with Crippen LogP contribution in [-0.2, 0) is 12.7 Å². The van der Waals surface area contributed by atoms with Crippen LogP contribution < -0.4 is 5.32 Å². The van der Waals surface area contributed by atoms with Crippen LogP contribution in [0.25, 0.3) is 0 Å². The predicted molar refractivity (Wildman–Crippen MR) is 70.4 cm³/mol. The first kappa shape index (κ1) is 13.9. The third-order valence-electron chi connectivity index (χ3n) is 2.71. The summed E-state index contributed by atoms with van der Waals surface area (Å²) in [6, 6.07) is 5.17. The molecular formula is C13H13F3N2S. The fourth-order valence-electron chi connectivity index (χ4n) is 1.60. The maximum Gasteiger partial charge on any atom is 0.416 e. The average molecular weight is 286 g/mol. The van der Waals surface area contributed by atoms with Gasteiger partial charge in [0.1, 0.15) is 5.01 Å². The van der Waals surface area contributed by atoms with Crippen molar-refractivity contribution in [3.8, 4) is 0 Å². The van der Waals surface area contributed by atoms with Gasteiger partial charge in [0.05, 0.1) is 17.8 Å². The molecule has 102 valence electrons. The van der Waals surface area contributed by atoms with Crippen LogP contribution in [0.2, 0.25) is 0 Å². The standard InChI is InChI=1S/C13H13F3N2S/c1-8-9(2)19-12(18-8)7-17-11-5-3-4-10(6-11)13(14,15)16/h3-6,17H,7H2,1-2H3. The summed E-state index contributed by atoms with van der Waals surface area (Å²) in [7, 11) is 0. The molecule has 1 heterocycles. The minimum Gasteiger partial charge on any atom is -0.379 e. The first-order valence-corrected chi connectivity index (χ1v) is 6.52. The molecule has 0 saturated heterocycles. The molecule has 2 aromatic rings. The number of nitrogens with zero attached hydrogens (tertiary/aromatic N) is 1. The zero-order chi connectivity index (χ0) is 14.0. The fourth-order valence-corrected chi connectivity index (χ4v) is 2.47. The van der Waals surface area contributed by atoms with Gasteiger partial charge in [0.2, 0.25) is 0 Å². The lowest BCUT2D eigenvalue weighted by molar-refractivity contribution is -0.137. The summed E-state index contributed by atoms with van der Waals surface area (Å²) in [4.78, 5) is 5.46. The first-order chi connectivity index (χ1) is 8.86. The van der Waals surface area contributed by atoms with Crippen LogP contribution in [0.5, 0.6) is 0 Å². The van der Waals surface area contributed by atoms with Gasteiger partial charge in [-0.25, -0.2) is 4.98 Å². The van der Waals surface area contributed by atoms with Gasteiger partial charge in [-0.1, -0.05) is 6.07 Å². The molecule has 0 atom stereocenters. The molecule has 1 aromatic carbocycles. The molecule has 0 radical (unpaired) electrons. The number of thiazole rings is 1. The molecule has 0 saturated carbocycles. The minimum absolute atomic E-state index is 0.431. The van der Waals surface area contributed by atoms with Crippen molar-refractivity contribution in [2.24, 2.45) is 0 Å². The van der Waals surface area contributed by atoms with Gasteiger partial charge < -0.3 is 5.32 Å². The van der Waals surface area contributed by atoms with E-state index in [9.17, 15) is 13.2 Å². The number of rotatable bonds is 3. The van der Waals surface area contributed by atoms with Crippen molar-refractivity contribution in [2.75, 3.05) is 5.32 Å². The maximum atomic E-state index is 12.5. The Morgan fingerprint density at radius 3 is 2.58 bits per heavy atom. The van der Waals surface area contributed by atoms with Crippen LogP contribution >= 0.6 is 11.3 Å². The summed E-state index contributed by atoms with van der Waals surface area (Å²) >= 11 is 1.55. The van der Waals surface area contributed by atoms with E-state index >= 15 is 0 Å². The molecule has 2 nitrogen and oxygen atoms in total. The van der Waals surface area contributed by atoms with E-state index < -0.39 is 11.7 Å². The van der Waals surface area contributed by atoms with Crippen molar-refractivity contribution in [2.45, 2.75) is 26.6 Å². The van der Waals surface area contributed by atoms with E-state index in [1.54, 1.807) is 17.4 Å². The van der Waals surface area contributed by atoms with Crippen molar-refractivity contribution in [1.29, 1.82) is 0 Å². The maximum absolute atomic E-state index is 12.5. The summed E-state index contributed by atoms with van der Waals surface area (Å²) in [5.74, 6) is 0. The van der Waals surface area contributed by atoms with Crippen LogP contribution in [-0.4, -0.2) is 4.98 Å². The van der Waals surface area contributed by atoms with E-state index in [1.807, 2.05) is 13.8 Å². The van der Waals surface area contributed by atoms with Gasteiger partial charge >= 0.3 is 6.18 Å². The number of hydrogen-bond acceptors (Lipinski definition) is 3. The number of hydrogen-bond donors (Lipinski definition) is 1. The average Bonchev–Trinajstić information content (AvgIpc) is 2.66.